The first-order valence-corrected chi connectivity index (χ1v) is 22.9. The third-order valence-corrected chi connectivity index (χ3v) is 13.3. The molecule has 0 bridgehead atoms. The van der Waals surface area contributed by atoms with E-state index in [0.717, 1.165) is 72.5 Å². The van der Waals surface area contributed by atoms with Gasteiger partial charge in [0.15, 0.2) is 0 Å². The van der Waals surface area contributed by atoms with E-state index in [2.05, 4.69) is 252 Å². The molecule has 0 amide bonds. The summed E-state index contributed by atoms with van der Waals surface area (Å²) < 4.78 is 8.77. The van der Waals surface area contributed by atoms with Crippen LogP contribution in [-0.2, 0) is 0 Å². The van der Waals surface area contributed by atoms with E-state index >= 15 is 0 Å². The number of fused-ring (bicyclic) bond motifs is 7. The fourth-order valence-electron chi connectivity index (χ4n) is 10.2. The van der Waals surface area contributed by atoms with Gasteiger partial charge >= 0.3 is 0 Å². The summed E-state index contributed by atoms with van der Waals surface area (Å²) in [6.07, 6.45) is 0. The second-order valence-electron chi connectivity index (χ2n) is 17.3. The smallest absolute Gasteiger partial charge is 0.135 e. The molecule has 0 atom stereocenters. The molecule has 0 saturated carbocycles. The molecule has 3 heteroatoms. The molecule has 13 rings (SSSR count). The summed E-state index contributed by atoms with van der Waals surface area (Å²) in [5.41, 5.74) is 17.8. The molecule has 0 radical (unpaired) electrons. The van der Waals surface area contributed by atoms with Gasteiger partial charge in [-0.15, -0.1) is 0 Å². The molecule has 0 fully saturated rings. The minimum absolute atomic E-state index is 0.875. The van der Waals surface area contributed by atoms with Gasteiger partial charge in [-0.3, -0.25) is 0 Å². The zero-order chi connectivity index (χ0) is 44.3. The molecule has 0 aliphatic carbocycles. The summed E-state index contributed by atoms with van der Waals surface area (Å²) in [6, 6.07) is 92.1. The number of aromatic nitrogens is 1. The third-order valence-electron chi connectivity index (χ3n) is 13.3. The van der Waals surface area contributed by atoms with Gasteiger partial charge in [0.05, 0.1) is 22.4 Å². The van der Waals surface area contributed by atoms with Crippen molar-refractivity contribution in [2.45, 2.75) is 0 Å². The van der Waals surface area contributed by atoms with Crippen LogP contribution in [0, 0.1) is 0 Å². The van der Waals surface area contributed by atoms with Gasteiger partial charge < -0.3 is 13.9 Å². The molecule has 0 N–H and O–H groups in total. The maximum absolute atomic E-state index is 6.32. The van der Waals surface area contributed by atoms with Crippen molar-refractivity contribution in [1.29, 1.82) is 0 Å². The number of rotatable bonds is 8. The summed E-state index contributed by atoms with van der Waals surface area (Å²) in [5.74, 6) is 0. The normalized spacial score (nSPS) is 11.6. The van der Waals surface area contributed by atoms with Crippen molar-refractivity contribution < 1.29 is 4.42 Å². The van der Waals surface area contributed by atoms with Crippen LogP contribution < -0.4 is 4.90 Å². The Balaban J connectivity index is 0.977. The zero-order valence-electron chi connectivity index (χ0n) is 36.6. The Morgan fingerprint density at radius 1 is 0.299 bits per heavy atom. The van der Waals surface area contributed by atoms with E-state index in [1.807, 2.05) is 12.1 Å². The Bertz CT molecular complexity index is 3930. The van der Waals surface area contributed by atoms with Crippen molar-refractivity contribution in [1.82, 2.24) is 4.57 Å². The first-order valence-electron chi connectivity index (χ1n) is 22.9. The average molecular weight is 855 g/mol. The number of hydrogen-bond acceptors (Lipinski definition) is 2. The molecule has 67 heavy (non-hydrogen) atoms. The lowest BCUT2D eigenvalue weighted by molar-refractivity contribution is 0.669. The summed E-state index contributed by atoms with van der Waals surface area (Å²) in [6.45, 7) is 0. The first kappa shape index (κ1) is 38.5. The molecule has 0 spiro atoms. The van der Waals surface area contributed by atoms with E-state index in [1.165, 1.54) is 49.3 Å². The number of nitrogens with zero attached hydrogens (tertiary/aromatic N) is 2. The van der Waals surface area contributed by atoms with Gasteiger partial charge in [0.2, 0.25) is 0 Å². The molecular formula is C64H42N2O. The number of benzene rings is 11. The Kier molecular flexibility index (Phi) is 9.17. The lowest BCUT2D eigenvalue weighted by Gasteiger charge is -2.29. The van der Waals surface area contributed by atoms with E-state index < -0.39 is 0 Å². The van der Waals surface area contributed by atoms with Gasteiger partial charge in [-0.1, -0.05) is 182 Å². The molecule has 0 aliphatic rings. The Labute approximate surface area is 388 Å². The summed E-state index contributed by atoms with van der Waals surface area (Å²) in [4.78, 5) is 2.42. The highest BCUT2D eigenvalue weighted by atomic mass is 16.3. The monoisotopic (exact) mass is 854 g/mol. The molecule has 13 aromatic rings. The number of furan rings is 1. The predicted octanol–water partition coefficient (Wildman–Crippen LogP) is 18.0. The quantitative estimate of drug-likeness (QED) is 0.152. The number of anilines is 3. The van der Waals surface area contributed by atoms with E-state index in [-0.39, 0.29) is 0 Å². The summed E-state index contributed by atoms with van der Waals surface area (Å²) >= 11 is 0. The van der Waals surface area contributed by atoms with E-state index in [0.29, 0.717) is 0 Å². The van der Waals surface area contributed by atoms with Crippen molar-refractivity contribution in [3.63, 3.8) is 0 Å². The van der Waals surface area contributed by atoms with Gasteiger partial charge in [0, 0.05) is 43.9 Å². The molecule has 11 aromatic carbocycles. The lowest BCUT2D eigenvalue weighted by atomic mass is 9.96. The molecule has 314 valence electrons. The van der Waals surface area contributed by atoms with Crippen LogP contribution in [0.5, 0.6) is 0 Å². The first-order chi connectivity index (χ1) is 33.2. The molecule has 0 unspecified atom stereocenters. The predicted molar refractivity (Wildman–Crippen MR) is 282 cm³/mol. The van der Waals surface area contributed by atoms with Crippen LogP contribution in [0.25, 0.3) is 105 Å². The van der Waals surface area contributed by atoms with Crippen LogP contribution in [-0.4, -0.2) is 4.57 Å². The third kappa shape index (κ3) is 6.67. The molecule has 2 heterocycles. The van der Waals surface area contributed by atoms with Crippen LogP contribution in [0.15, 0.2) is 259 Å². The van der Waals surface area contributed by atoms with Crippen molar-refractivity contribution in [2.75, 3.05) is 4.90 Å². The van der Waals surface area contributed by atoms with Crippen molar-refractivity contribution >= 4 is 71.6 Å². The van der Waals surface area contributed by atoms with Gasteiger partial charge in [0.25, 0.3) is 0 Å². The minimum Gasteiger partial charge on any atom is -0.456 e. The Hall–Kier alpha value is -8.92. The second kappa shape index (κ2) is 16.0. The summed E-state index contributed by atoms with van der Waals surface area (Å²) in [5, 5.41) is 7.02. The fourth-order valence-corrected chi connectivity index (χ4v) is 10.2. The standard InChI is InChI=1S/C64H42N2O/c1-3-17-43(18-4-1)49-38-50(44-19-5-2-6-20-44)40-52(39-49)66-61-30-13-10-27-55(61)56-35-33-47(41-62(56)66)46-23-15-24-48(37-46)54-26-9-12-29-59(54)65(60-31-16-22-45-21-7-8-25-53(45)60)51-34-36-64-58(42-51)57-28-11-14-32-63(57)67-64/h1-42H. The second-order valence-corrected chi connectivity index (χ2v) is 17.3. The van der Waals surface area contributed by atoms with E-state index in [9.17, 15) is 0 Å². The highest BCUT2D eigenvalue weighted by molar-refractivity contribution is 6.11. The van der Waals surface area contributed by atoms with Crippen molar-refractivity contribution in [3.8, 4) is 50.2 Å². The number of hydrogen-bond donors (Lipinski definition) is 0. The maximum atomic E-state index is 6.32. The van der Waals surface area contributed by atoms with Crippen LogP contribution >= 0.6 is 0 Å². The number of para-hydroxylation sites is 3. The Morgan fingerprint density at radius 2 is 0.866 bits per heavy atom. The zero-order valence-corrected chi connectivity index (χ0v) is 36.6. The maximum Gasteiger partial charge on any atom is 0.135 e. The lowest BCUT2D eigenvalue weighted by Crippen LogP contribution is -2.11. The minimum atomic E-state index is 0.875. The SMILES string of the molecule is c1ccc(-c2cc(-c3ccccc3)cc(-n3c4ccccc4c4ccc(-c5cccc(-c6ccccc6N(c6ccc7oc8ccccc8c7c6)c6cccc7ccccc67)c5)cc43)c2)cc1. The fraction of sp³-hybridized carbons (Fsp3) is 0. The van der Waals surface area contributed by atoms with Crippen LogP contribution in [0.1, 0.15) is 0 Å². The van der Waals surface area contributed by atoms with Crippen molar-refractivity contribution in [3.05, 3.63) is 255 Å². The van der Waals surface area contributed by atoms with Gasteiger partial charge in [0.1, 0.15) is 11.2 Å². The largest absolute Gasteiger partial charge is 0.456 e. The molecule has 0 aliphatic heterocycles. The van der Waals surface area contributed by atoms with Crippen LogP contribution in [0.4, 0.5) is 17.1 Å². The topological polar surface area (TPSA) is 21.3 Å². The average Bonchev–Trinajstić information content (AvgIpc) is 3.94. The highest BCUT2D eigenvalue weighted by Crippen LogP contribution is 2.46. The molecule has 2 aromatic heterocycles. The van der Waals surface area contributed by atoms with Gasteiger partial charge in [-0.05, 0) is 117 Å². The van der Waals surface area contributed by atoms with Crippen molar-refractivity contribution in [2.24, 2.45) is 0 Å². The van der Waals surface area contributed by atoms with E-state index in [4.69, 9.17) is 4.42 Å². The molecule has 0 saturated heterocycles. The van der Waals surface area contributed by atoms with Gasteiger partial charge in [-0.25, -0.2) is 0 Å². The molecule has 3 nitrogen and oxygen atoms in total. The Morgan fingerprint density at radius 3 is 1.69 bits per heavy atom. The van der Waals surface area contributed by atoms with Crippen LogP contribution in [0.3, 0.4) is 0 Å². The molecular weight excluding hydrogens is 813 g/mol. The highest BCUT2D eigenvalue weighted by Gasteiger charge is 2.22. The summed E-state index contributed by atoms with van der Waals surface area (Å²) in [7, 11) is 0. The van der Waals surface area contributed by atoms with E-state index in [1.54, 1.807) is 0 Å². The van der Waals surface area contributed by atoms with Gasteiger partial charge in [-0.2, -0.15) is 0 Å². The van der Waals surface area contributed by atoms with Crippen LogP contribution in [0.2, 0.25) is 0 Å².